The average molecular weight is 237 g/mol. The second kappa shape index (κ2) is 4.96. The van der Waals surface area contributed by atoms with E-state index < -0.39 is 0 Å². The lowest BCUT2D eigenvalue weighted by molar-refractivity contribution is 0.387. The summed E-state index contributed by atoms with van der Waals surface area (Å²) in [6, 6.07) is 2.02. The van der Waals surface area contributed by atoms with Crippen molar-refractivity contribution in [1.82, 2.24) is 0 Å². The number of ether oxygens (including phenoxy) is 2. The van der Waals surface area contributed by atoms with Crippen LogP contribution >= 0.6 is 0 Å². The molecule has 0 spiro atoms. The highest BCUT2D eigenvalue weighted by Crippen LogP contribution is 2.34. The normalized spacial score (nSPS) is 11.5. The van der Waals surface area contributed by atoms with Gasteiger partial charge in [-0.15, -0.1) is 0 Å². The minimum Gasteiger partial charge on any atom is -0.496 e. The van der Waals surface area contributed by atoms with E-state index in [1.165, 1.54) is 0 Å². The van der Waals surface area contributed by atoms with E-state index in [1.54, 1.807) is 14.2 Å². The summed E-state index contributed by atoms with van der Waals surface area (Å²) in [7, 11) is 3.38. The SMILES string of the molecule is COc1cc(CC(C)(C)N)c(OC)c(C)c1C. The van der Waals surface area contributed by atoms with Crippen LogP contribution in [-0.2, 0) is 6.42 Å². The molecule has 3 nitrogen and oxygen atoms in total. The highest BCUT2D eigenvalue weighted by Gasteiger charge is 2.19. The second-order valence-corrected chi connectivity index (χ2v) is 5.19. The Balaban J connectivity index is 3.32. The fourth-order valence-electron chi connectivity index (χ4n) is 2.05. The topological polar surface area (TPSA) is 44.5 Å². The van der Waals surface area contributed by atoms with E-state index >= 15 is 0 Å². The summed E-state index contributed by atoms with van der Waals surface area (Å²) < 4.78 is 10.9. The predicted molar refractivity (Wildman–Crippen MR) is 71.0 cm³/mol. The maximum absolute atomic E-state index is 6.07. The predicted octanol–water partition coefficient (Wildman–Crippen LogP) is 2.60. The van der Waals surface area contributed by atoms with E-state index in [4.69, 9.17) is 15.2 Å². The summed E-state index contributed by atoms with van der Waals surface area (Å²) in [6.45, 7) is 8.10. The summed E-state index contributed by atoms with van der Waals surface area (Å²) in [5, 5.41) is 0. The number of hydrogen-bond donors (Lipinski definition) is 1. The number of hydrogen-bond acceptors (Lipinski definition) is 3. The molecule has 0 fully saturated rings. The van der Waals surface area contributed by atoms with E-state index in [0.29, 0.717) is 0 Å². The molecule has 0 aliphatic carbocycles. The number of methoxy groups -OCH3 is 2. The Morgan fingerprint density at radius 3 is 2.12 bits per heavy atom. The molecule has 0 radical (unpaired) electrons. The molecular weight excluding hydrogens is 214 g/mol. The molecule has 0 aliphatic rings. The van der Waals surface area contributed by atoms with Crippen molar-refractivity contribution < 1.29 is 9.47 Å². The quantitative estimate of drug-likeness (QED) is 0.875. The van der Waals surface area contributed by atoms with Gasteiger partial charge in [-0.3, -0.25) is 0 Å². The highest BCUT2D eigenvalue weighted by atomic mass is 16.5. The molecule has 1 aromatic carbocycles. The summed E-state index contributed by atoms with van der Waals surface area (Å²) in [6.07, 6.45) is 0.758. The van der Waals surface area contributed by atoms with Gasteiger partial charge in [0.2, 0.25) is 0 Å². The summed E-state index contributed by atoms with van der Waals surface area (Å²) in [5.41, 5.74) is 9.14. The lowest BCUT2D eigenvalue weighted by atomic mass is 9.92. The molecule has 0 amide bonds. The van der Waals surface area contributed by atoms with E-state index in [1.807, 2.05) is 33.8 Å². The van der Waals surface area contributed by atoms with Crippen molar-refractivity contribution in [3.8, 4) is 11.5 Å². The molecule has 2 N–H and O–H groups in total. The Morgan fingerprint density at radius 1 is 1.12 bits per heavy atom. The van der Waals surface area contributed by atoms with Gasteiger partial charge in [0.15, 0.2) is 0 Å². The van der Waals surface area contributed by atoms with Gasteiger partial charge in [0, 0.05) is 5.54 Å². The fourth-order valence-corrected chi connectivity index (χ4v) is 2.05. The molecule has 0 atom stereocenters. The van der Waals surface area contributed by atoms with Crippen molar-refractivity contribution in [3.05, 3.63) is 22.8 Å². The summed E-state index contributed by atoms with van der Waals surface area (Å²) >= 11 is 0. The van der Waals surface area contributed by atoms with Crippen LogP contribution in [0, 0.1) is 13.8 Å². The molecule has 3 heteroatoms. The van der Waals surface area contributed by atoms with Crippen molar-refractivity contribution in [2.75, 3.05) is 14.2 Å². The molecule has 0 bridgehead atoms. The largest absolute Gasteiger partial charge is 0.496 e. The molecule has 96 valence electrons. The maximum Gasteiger partial charge on any atom is 0.125 e. The molecule has 0 aromatic heterocycles. The molecule has 17 heavy (non-hydrogen) atoms. The smallest absolute Gasteiger partial charge is 0.125 e. The molecular formula is C14H23NO2. The maximum atomic E-state index is 6.07. The Labute approximate surface area is 104 Å². The lowest BCUT2D eigenvalue weighted by Gasteiger charge is -2.23. The Morgan fingerprint density at radius 2 is 1.71 bits per heavy atom. The van der Waals surface area contributed by atoms with Crippen LogP contribution in [0.3, 0.4) is 0 Å². The minimum atomic E-state index is -0.264. The zero-order chi connectivity index (χ0) is 13.2. The molecule has 0 unspecified atom stereocenters. The third-order valence-electron chi connectivity index (χ3n) is 2.94. The number of rotatable bonds is 4. The monoisotopic (exact) mass is 237 g/mol. The van der Waals surface area contributed by atoms with Crippen LogP contribution < -0.4 is 15.2 Å². The molecule has 0 heterocycles. The number of benzene rings is 1. The van der Waals surface area contributed by atoms with Gasteiger partial charge in [-0.1, -0.05) is 0 Å². The van der Waals surface area contributed by atoms with Crippen molar-refractivity contribution >= 4 is 0 Å². The Bertz CT molecular complexity index is 406. The molecule has 0 saturated carbocycles. The first kappa shape index (κ1) is 13.8. The standard InChI is InChI=1S/C14H23NO2/c1-9-10(2)13(17-6)11(7-12(9)16-5)8-14(3,4)15/h7H,8,15H2,1-6H3. The zero-order valence-corrected chi connectivity index (χ0v) is 11.7. The zero-order valence-electron chi connectivity index (χ0n) is 11.7. The van der Waals surface area contributed by atoms with Crippen LogP contribution in [0.2, 0.25) is 0 Å². The van der Waals surface area contributed by atoms with Crippen LogP contribution in [0.5, 0.6) is 11.5 Å². The summed E-state index contributed by atoms with van der Waals surface area (Å²) in [4.78, 5) is 0. The van der Waals surface area contributed by atoms with Crippen LogP contribution in [0.1, 0.15) is 30.5 Å². The van der Waals surface area contributed by atoms with Crippen LogP contribution in [-0.4, -0.2) is 19.8 Å². The van der Waals surface area contributed by atoms with Gasteiger partial charge in [0.25, 0.3) is 0 Å². The third kappa shape index (κ3) is 3.13. The van der Waals surface area contributed by atoms with Gasteiger partial charge < -0.3 is 15.2 Å². The van der Waals surface area contributed by atoms with Crippen molar-refractivity contribution in [1.29, 1.82) is 0 Å². The van der Waals surface area contributed by atoms with Crippen molar-refractivity contribution in [3.63, 3.8) is 0 Å². The Kier molecular flexibility index (Phi) is 4.04. The van der Waals surface area contributed by atoms with Crippen LogP contribution in [0.25, 0.3) is 0 Å². The fraction of sp³-hybridized carbons (Fsp3) is 0.571. The van der Waals surface area contributed by atoms with E-state index in [2.05, 4.69) is 0 Å². The molecule has 0 saturated heterocycles. The van der Waals surface area contributed by atoms with Crippen molar-refractivity contribution in [2.24, 2.45) is 5.73 Å². The van der Waals surface area contributed by atoms with Crippen LogP contribution in [0.15, 0.2) is 6.07 Å². The first-order valence-electron chi connectivity index (χ1n) is 5.80. The van der Waals surface area contributed by atoms with Gasteiger partial charge >= 0.3 is 0 Å². The van der Waals surface area contributed by atoms with E-state index in [9.17, 15) is 0 Å². The summed E-state index contributed by atoms with van der Waals surface area (Å²) in [5.74, 6) is 1.81. The first-order chi connectivity index (χ1) is 7.80. The average Bonchev–Trinajstić information content (AvgIpc) is 2.21. The lowest BCUT2D eigenvalue weighted by Crippen LogP contribution is -2.34. The van der Waals surface area contributed by atoms with Crippen molar-refractivity contribution in [2.45, 2.75) is 39.7 Å². The van der Waals surface area contributed by atoms with E-state index in [0.717, 1.165) is 34.6 Å². The van der Waals surface area contributed by atoms with Gasteiger partial charge in [0.1, 0.15) is 11.5 Å². The molecule has 1 rings (SSSR count). The van der Waals surface area contributed by atoms with Gasteiger partial charge in [-0.2, -0.15) is 0 Å². The van der Waals surface area contributed by atoms with Gasteiger partial charge in [-0.05, 0) is 56.9 Å². The first-order valence-corrected chi connectivity index (χ1v) is 5.80. The van der Waals surface area contributed by atoms with E-state index in [-0.39, 0.29) is 5.54 Å². The Hall–Kier alpha value is -1.22. The van der Waals surface area contributed by atoms with Crippen LogP contribution in [0.4, 0.5) is 0 Å². The van der Waals surface area contributed by atoms with Gasteiger partial charge in [-0.25, -0.2) is 0 Å². The molecule has 0 aliphatic heterocycles. The second-order valence-electron chi connectivity index (χ2n) is 5.19. The third-order valence-corrected chi connectivity index (χ3v) is 2.94. The minimum absolute atomic E-state index is 0.264. The molecule has 1 aromatic rings. The highest BCUT2D eigenvalue weighted by molar-refractivity contribution is 5.53. The van der Waals surface area contributed by atoms with Gasteiger partial charge in [0.05, 0.1) is 14.2 Å². The number of nitrogens with two attached hydrogens (primary N) is 1.